The van der Waals surface area contributed by atoms with Crippen molar-refractivity contribution in [3.05, 3.63) is 30.3 Å². The number of carbonyl (C=O) groups is 1. The molecule has 2 aliphatic rings. The molecule has 1 amide bonds. The van der Waals surface area contributed by atoms with Crippen molar-refractivity contribution in [2.45, 2.75) is 24.8 Å². The molecule has 1 aromatic carbocycles. The van der Waals surface area contributed by atoms with E-state index in [1.54, 1.807) is 7.11 Å². The zero-order valence-electron chi connectivity index (χ0n) is 16.7. The second kappa shape index (κ2) is 9.53. The van der Waals surface area contributed by atoms with Gasteiger partial charge in [-0.2, -0.15) is 0 Å². The number of benzene rings is 1. The fraction of sp³-hybridized carbons (Fsp3) is 0.667. The van der Waals surface area contributed by atoms with Gasteiger partial charge in [0.1, 0.15) is 12.4 Å². The molecule has 0 radical (unpaired) electrons. The maximum Gasteiger partial charge on any atom is 0.222 e. The first-order valence-corrected chi connectivity index (χ1v) is 10.0. The Balaban J connectivity index is 1.55. The number of likely N-dealkylation sites (N-methyl/N-ethyl adjacent to an activating group) is 1. The van der Waals surface area contributed by atoms with E-state index in [0.717, 1.165) is 51.3 Å². The van der Waals surface area contributed by atoms with Crippen LogP contribution in [0.3, 0.4) is 0 Å². The predicted octanol–water partition coefficient (Wildman–Crippen LogP) is 1.71. The van der Waals surface area contributed by atoms with E-state index in [4.69, 9.17) is 9.47 Å². The minimum absolute atomic E-state index is 0.0858. The molecule has 0 aromatic heterocycles. The van der Waals surface area contributed by atoms with Gasteiger partial charge >= 0.3 is 0 Å². The lowest BCUT2D eigenvalue weighted by molar-refractivity contribution is -0.131. The molecule has 1 unspecified atom stereocenters. The van der Waals surface area contributed by atoms with Gasteiger partial charge in [-0.1, -0.05) is 18.2 Å². The summed E-state index contributed by atoms with van der Waals surface area (Å²) in [5, 5.41) is 0. The molecule has 0 aliphatic carbocycles. The first kappa shape index (κ1) is 20.1. The average molecular weight is 376 g/mol. The highest BCUT2D eigenvalue weighted by Gasteiger charge is 2.42. The lowest BCUT2D eigenvalue weighted by Crippen LogP contribution is -2.61. The molecule has 3 rings (SSSR count). The zero-order chi connectivity index (χ0) is 19.1. The van der Waals surface area contributed by atoms with Crippen LogP contribution in [0.4, 0.5) is 0 Å². The lowest BCUT2D eigenvalue weighted by Gasteiger charge is -2.49. The van der Waals surface area contributed by atoms with E-state index in [-0.39, 0.29) is 11.4 Å². The summed E-state index contributed by atoms with van der Waals surface area (Å²) >= 11 is 0. The van der Waals surface area contributed by atoms with Crippen LogP contribution in [-0.4, -0.2) is 92.8 Å². The monoisotopic (exact) mass is 375 g/mol. The number of rotatable bonds is 7. The summed E-state index contributed by atoms with van der Waals surface area (Å²) < 4.78 is 11.0. The minimum atomic E-state index is 0.0858. The van der Waals surface area contributed by atoms with Crippen LogP contribution in [0.2, 0.25) is 0 Å². The molecule has 2 heterocycles. The van der Waals surface area contributed by atoms with Gasteiger partial charge in [0.2, 0.25) is 5.91 Å². The molecular weight excluding hydrogens is 342 g/mol. The van der Waals surface area contributed by atoms with Gasteiger partial charge < -0.3 is 14.4 Å². The summed E-state index contributed by atoms with van der Waals surface area (Å²) in [6, 6.07) is 9.99. The Labute approximate surface area is 163 Å². The SMILES string of the molecule is COCCN1CCC2(CCC1=O)CN(CCOc1ccccc1)CCN2C. The Morgan fingerprint density at radius 1 is 1.04 bits per heavy atom. The van der Waals surface area contributed by atoms with Crippen molar-refractivity contribution in [2.75, 3.05) is 66.6 Å². The summed E-state index contributed by atoms with van der Waals surface area (Å²) in [7, 11) is 3.90. The van der Waals surface area contributed by atoms with Gasteiger partial charge in [-0.05, 0) is 32.0 Å². The molecular formula is C21H33N3O3. The van der Waals surface area contributed by atoms with Crippen LogP contribution in [-0.2, 0) is 9.53 Å². The van der Waals surface area contributed by atoms with Crippen LogP contribution in [0.25, 0.3) is 0 Å². The van der Waals surface area contributed by atoms with Crippen molar-refractivity contribution < 1.29 is 14.3 Å². The van der Waals surface area contributed by atoms with Gasteiger partial charge in [0.05, 0.1) is 6.61 Å². The highest BCUT2D eigenvalue weighted by atomic mass is 16.5. The Kier molecular flexibility index (Phi) is 7.10. The summed E-state index contributed by atoms with van der Waals surface area (Å²) in [4.78, 5) is 19.4. The first-order valence-electron chi connectivity index (χ1n) is 10.0. The van der Waals surface area contributed by atoms with Crippen molar-refractivity contribution in [1.82, 2.24) is 14.7 Å². The van der Waals surface area contributed by atoms with Gasteiger partial charge in [-0.15, -0.1) is 0 Å². The number of hydrogen-bond acceptors (Lipinski definition) is 5. The average Bonchev–Trinajstić information content (AvgIpc) is 2.84. The van der Waals surface area contributed by atoms with Crippen molar-refractivity contribution in [1.29, 1.82) is 0 Å². The van der Waals surface area contributed by atoms with E-state index in [2.05, 4.69) is 16.8 Å². The molecule has 0 saturated carbocycles. The third kappa shape index (κ3) is 5.21. The number of carbonyl (C=O) groups excluding carboxylic acids is 1. The van der Waals surface area contributed by atoms with E-state index >= 15 is 0 Å². The second-order valence-electron chi connectivity index (χ2n) is 7.71. The van der Waals surface area contributed by atoms with E-state index in [1.165, 1.54) is 0 Å². The molecule has 0 N–H and O–H groups in total. The van der Waals surface area contributed by atoms with Gasteiger partial charge in [-0.3, -0.25) is 14.6 Å². The summed E-state index contributed by atoms with van der Waals surface area (Å²) in [6.07, 6.45) is 2.58. The fourth-order valence-corrected chi connectivity index (χ4v) is 4.21. The standard InChI is InChI=1S/C21H33N3O3/c1-22-12-13-23(14-17-27-19-6-4-3-5-7-19)18-21(22)9-8-20(25)24(11-10-21)15-16-26-2/h3-7H,8-18H2,1-2H3. The molecule has 150 valence electrons. The maximum atomic E-state index is 12.5. The van der Waals surface area contributed by atoms with Gasteiger partial charge in [0.15, 0.2) is 0 Å². The van der Waals surface area contributed by atoms with E-state index in [0.29, 0.717) is 26.2 Å². The van der Waals surface area contributed by atoms with Gasteiger partial charge in [0, 0.05) is 58.3 Å². The Morgan fingerprint density at radius 2 is 1.85 bits per heavy atom. The van der Waals surface area contributed by atoms with Crippen LogP contribution in [0, 0.1) is 0 Å². The molecule has 6 heteroatoms. The van der Waals surface area contributed by atoms with Crippen molar-refractivity contribution in [2.24, 2.45) is 0 Å². The van der Waals surface area contributed by atoms with Gasteiger partial charge in [0.25, 0.3) is 0 Å². The molecule has 1 atom stereocenters. The number of nitrogens with zero attached hydrogens (tertiary/aromatic N) is 3. The molecule has 6 nitrogen and oxygen atoms in total. The smallest absolute Gasteiger partial charge is 0.222 e. The van der Waals surface area contributed by atoms with Crippen molar-refractivity contribution in [3.8, 4) is 5.75 Å². The van der Waals surface area contributed by atoms with Crippen LogP contribution in [0.5, 0.6) is 5.75 Å². The highest BCUT2D eigenvalue weighted by Crippen LogP contribution is 2.32. The normalized spacial score (nSPS) is 25.0. The zero-order valence-corrected chi connectivity index (χ0v) is 16.7. The lowest BCUT2D eigenvalue weighted by atomic mass is 9.86. The molecule has 2 fully saturated rings. The third-order valence-corrected chi connectivity index (χ3v) is 6.07. The molecule has 1 spiro atoms. The second-order valence-corrected chi connectivity index (χ2v) is 7.71. The summed E-state index contributed by atoms with van der Waals surface area (Å²) in [6.45, 7) is 6.85. The fourth-order valence-electron chi connectivity index (χ4n) is 4.21. The van der Waals surface area contributed by atoms with E-state index < -0.39 is 0 Å². The number of para-hydroxylation sites is 1. The largest absolute Gasteiger partial charge is 0.492 e. The topological polar surface area (TPSA) is 45.3 Å². The number of piperazine rings is 1. The Morgan fingerprint density at radius 3 is 2.63 bits per heavy atom. The van der Waals surface area contributed by atoms with Gasteiger partial charge in [-0.25, -0.2) is 0 Å². The number of ether oxygens (including phenoxy) is 2. The Bertz CT molecular complexity index is 598. The minimum Gasteiger partial charge on any atom is -0.492 e. The van der Waals surface area contributed by atoms with Crippen LogP contribution >= 0.6 is 0 Å². The predicted molar refractivity (Wildman–Crippen MR) is 106 cm³/mol. The van der Waals surface area contributed by atoms with Crippen LogP contribution in [0.15, 0.2) is 30.3 Å². The van der Waals surface area contributed by atoms with Crippen LogP contribution < -0.4 is 4.74 Å². The maximum absolute atomic E-state index is 12.5. The highest BCUT2D eigenvalue weighted by molar-refractivity contribution is 5.76. The van der Waals surface area contributed by atoms with E-state index in [1.807, 2.05) is 35.2 Å². The number of amides is 1. The number of methoxy groups -OCH3 is 1. The quantitative estimate of drug-likeness (QED) is 0.726. The summed E-state index contributed by atoms with van der Waals surface area (Å²) in [5.41, 5.74) is 0.0858. The Hall–Kier alpha value is -1.63. The van der Waals surface area contributed by atoms with Crippen LogP contribution in [0.1, 0.15) is 19.3 Å². The first-order chi connectivity index (χ1) is 13.1. The number of hydrogen-bond donors (Lipinski definition) is 0. The van der Waals surface area contributed by atoms with E-state index in [9.17, 15) is 4.79 Å². The van der Waals surface area contributed by atoms with Crippen molar-refractivity contribution >= 4 is 5.91 Å². The molecule has 1 aromatic rings. The number of likely N-dealkylation sites (tertiary alicyclic amines) is 1. The third-order valence-electron chi connectivity index (χ3n) is 6.07. The molecule has 2 saturated heterocycles. The van der Waals surface area contributed by atoms with Crippen molar-refractivity contribution in [3.63, 3.8) is 0 Å². The molecule has 2 aliphatic heterocycles. The molecule has 27 heavy (non-hydrogen) atoms. The molecule has 0 bridgehead atoms. The summed E-state index contributed by atoms with van der Waals surface area (Å²) in [5.74, 6) is 1.19.